The lowest BCUT2D eigenvalue weighted by atomic mass is 10.1. The largest absolute Gasteiger partial charge is 0.339 e. The minimum Gasteiger partial charge on any atom is -0.339 e. The summed E-state index contributed by atoms with van der Waals surface area (Å²) in [4.78, 5) is 56.0. The molecule has 1 amide bonds. The second-order valence-electron chi connectivity index (χ2n) is 10.0. The van der Waals surface area contributed by atoms with Gasteiger partial charge in [0, 0.05) is 40.9 Å². The third kappa shape index (κ3) is 4.19. The van der Waals surface area contributed by atoms with E-state index in [0.717, 1.165) is 6.42 Å². The van der Waals surface area contributed by atoms with Crippen LogP contribution in [-0.2, 0) is 7.05 Å². The Morgan fingerprint density at radius 1 is 1.05 bits per heavy atom. The summed E-state index contributed by atoms with van der Waals surface area (Å²) in [6, 6.07) is 11.0. The number of aryl methyl sites for hydroxylation is 1. The molecule has 0 unspecified atom stereocenters. The lowest BCUT2D eigenvalue weighted by Crippen LogP contribution is -2.42. The Balaban J connectivity index is 1.68. The molecule has 0 atom stereocenters. The van der Waals surface area contributed by atoms with Crippen molar-refractivity contribution in [1.82, 2.24) is 18.6 Å². The van der Waals surface area contributed by atoms with Gasteiger partial charge in [-0.3, -0.25) is 28.1 Å². The van der Waals surface area contributed by atoms with Gasteiger partial charge in [0.25, 0.3) is 17.0 Å². The van der Waals surface area contributed by atoms with E-state index in [1.807, 2.05) is 22.6 Å². The molecule has 2 fully saturated rings. The van der Waals surface area contributed by atoms with Crippen molar-refractivity contribution in [2.75, 3.05) is 18.4 Å². The molecule has 1 aliphatic heterocycles. The summed E-state index contributed by atoms with van der Waals surface area (Å²) in [5.74, 6) is -0.599. The van der Waals surface area contributed by atoms with Gasteiger partial charge in [0.05, 0.1) is 16.9 Å². The maximum atomic E-state index is 14.9. The van der Waals surface area contributed by atoms with Gasteiger partial charge in [0.1, 0.15) is 17.0 Å². The van der Waals surface area contributed by atoms with E-state index in [1.54, 1.807) is 42.2 Å². The summed E-state index contributed by atoms with van der Waals surface area (Å²) >= 11 is 2.00. The molecule has 3 heterocycles. The van der Waals surface area contributed by atoms with Crippen molar-refractivity contribution in [3.63, 3.8) is 0 Å². The second kappa shape index (κ2) is 9.47. The van der Waals surface area contributed by atoms with Crippen molar-refractivity contribution in [2.24, 2.45) is 7.05 Å². The summed E-state index contributed by atoms with van der Waals surface area (Å²) < 4.78 is 19.4. The number of carbonyl (C=O) groups excluding carboxylic acids is 1. The molecular weight excluding hydrogens is 616 g/mol. The van der Waals surface area contributed by atoms with E-state index >= 15 is 0 Å². The van der Waals surface area contributed by atoms with Crippen LogP contribution in [0.3, 0.4) is 0 Å². The number of amides is 1. The number of likely N-dealkylation sites (tertiary alicyclic amines) is 1. The summed E-state index contributed by atoms with van der Waals surface area (Å²) in [5.41, 5.74) is -0.372. The number of benzene rings is 2. The average Bonchev–Trinajstić information content (AvgIpc) is 3.71. The van der Waals surface area contributed by atoms with Crippen LogP contribution in [0.5, 0.6) is 0 Å². The summed E-state index contributed by atoms with van der Waals surface area (Å²) in [7, 11) is 1.50. The molecular formula is C28H25FIN5O4. The fourth-order valence-corrected chi connectivity index (χ4v) is 5.51. The third-order valence-electron chi connectivity index (χ3n) is 7.43. The van der Waals surface area contributed by atoms with Crippen molar-refractivity contribution >= 4 is 50.9 Å². The number of anilines is 2. The minimum atomic E-state index is -0.578. The monoisotopic (exact) mass is 641 g/mol. The molecule has 1 saturated heterocycles. The van der Waals surface area contributed by atoms with Gasteiger partial charge in [-0.15, -0.1) is 0 Å². The van der Waals surface area contributed by atoms with Crippen LogP contribution in [-0.4, -0.2) is 37.6 Å². The standard InChI is InChI=1S/C28H25FIN5O4/c1-15-23-22(24(32(2)25(15)36)31-21-10-7-17(30)14-20(21)29)27(38)35(18-8-9-18)28(39)34(23)19-6-3-5-16(13-19)26(37)33-11-4-12-33/h3,5-7,10,13-14,18,31H,4,8-9,11-12H2,1-2H3. The molecule has 1 N–H and O–H groups in total. The highest BCUT2D eigenvalue weighted by Gasteiger charge is 2.32. The molecule has 0 spiro atoms. The molecule has 39 heavy (non-hydrogen) atoms. The number of hydrogen-bond donors (Lipinski definition) is 1. The highest BCUT2D eigenvalue weighted by molar-refractivity contribution is 14.1. The van der Waals surface area contributed by atoms with Crippen LogP contribution in [0.25, 0.3) is 16.6 Å². The normalized spacial score (nSPS) is 14.9. The van der Waals surface area contributed by atoms with Crippen LogP contribution in [0.4, 0.5) is 15.9 Å². The highest BCUT2D eigenvalue weighted by atomic mass is 127. The molecule has 11 heteroatoms. The first-order chi connectivity index (χ1) is 18.7. The zero-order valence-corrected chi connectivity index (χ0v) is 23.5. The van der Waals surface area contributed by atoms with Gasteiger partial charge in [-0.25, -0.2) is 9.18 Å². The van der Waals surface area contributed by atoms with E-state index in [2.05, 4.69) is 5.32 Å². The fraction of sp³-hybridized carbons (Fsp3) is 0.286. The SMILES string of the molecule is Cc1c(=O)n(C)c(Nc2ccc(I)cc2F)c2c(=O)n(C3CC3)c(=O)n(-c3cccc(C(=O)N4CCC4)c3)c12. The first kappa shape index (κ1) is 25.5. The molecule has 2 aliphatic rings. The average molecular weight is 641 g/mol. The molecule has 1 aliphatic carbocycles. The van der Waals surface area contributed by atoms with Crippen LogP contribution in [0.15, 0.2) is 56.8 Å². The predicted molar refractivity (Wildman–Crippen MR) is 155 cm³/mol. The Bertz CT molecular complexity index is 1870. The van der Waals surface area contributed by atoms with Crippen molar-refractivity contribution in [3.8, 4) is 5.69 Å². The van der Waals surface area contributed by atoms with E-state index < -0.39 is 22.6 Å². The Labute approximate surface area is 235 Å². The molecule has 1 saturated carbocycles. The lowest BCUT2D eigenvalue weighted by molar-refractivity contribution is 0.0652. The number of nitrogens with one attached hydrogen (secondary N) is 1. The van der Waals surface area contributed by atoms with Crippen LogP contribution in [0.2, 0.25) is 0 Å². The molecule has 6 rings (SSSR count). The van der Waals surface area contributed by atoms with Crippen LogP contribution in [0.1, 0.15) is 41.2 Å². The number of pyridine rings is 1. The maximum Gasteiger partial charge on any atom is 0.336 e. The lowest BCUT2D eigenvalue weighted by Gasteiger charge is -2.31. The molecule has 0 bridgehead atoms. The first-order valence-electron chi connectivity index (χ1n) is 12.7. The predicted octanol–water partition coefficient (Wildman–Crippen LogP) is 3.83. The van der Waals surface area contributed by atoms with Crippen LogP contribution in [0, 0.1) is 16.3 Å². The summed E-state index contributed by atoms with van der Waals surface area (Å²) in [6.45, 7) is 2.92. The second-order valence-corrected chi connectivity index (χ2v) is 11.3. The molecule has 2 aromatic heterocycles. The van der Waals surface area contributed by atoms with E-state index in [4.69, 9.17) is 0 Å². The van der Waals surface area contributed by atoms with Crippen molar-refractivity contribution in [3.05, 3.63) is 94.2 Å². The third-order valence-corrected chi connectivity index (χ3v) is 8.11. The Kier molecular flexibility index (Phi) is 6.20. The van der Waals surface area contributed by atoms with Gasteiger partial charge in [-0.2, -0.15) is 0 Å². The Morgan fingerprint density at radius 2 is 1.79 bits per heavy atom. The number of fused-ring (bicyclic) bond motifs is 1. The molecule has 200 valence electrons. The Hall–Kier alpha value is -3.74. The first-order valence-corrected chi connectivity index (χ1v) is 13.8. The van der Waals surface area contributed by atoms with Gasteiger partial charge < -0.3 is 10.2 Å². The molecule has 4 aromatic rings. The van der Waals surface area contributed by atoms with Gasteiger partial charge in [0.2, 0.25) is 0 Å². The minimum absolute atomic E-state index is 0.0849. The smallest absolute Gasteiger partial charge is 0.336 e. The van der Waals surface area contributed by atoms with Crippen LogP contribution >= 0.6 is 22.6 Å². The number of hydrogen-bond acceptors (Lipinski definition) is 5. The number of carbonyl (C=O) groups is 1. The quantitative estimate of drug-likeness (QED) is 0.335. The topological polar surface area (TPSA) is 98.3 Å². The fourth-order valence-electron chi connectivity index (χ4n) is 5.05. The molecule has 9 nitrogen and oxygen atoms in total. The maximum absolute atomic E-state index is 14.9. The summed E-state index contributed by atoms with van der Waals surface area (Å²) in [5, 5.41) is 3.06. The van der Waals surface area contributed by atoms with Crippen molar-refractivity contribution < 1.29 is 9.18 Å². The molecule has 2 aromatic carbocycles. The highest BCUT2D eigenvalue weighted by Crippen LogP contribution is 2.34. The van der Waals surface area contributed by atoms with Gasteiger partial charge >= 0.3 is 5.69 Å². The van der Waals surface area contributed by atoms with Crippen LogP contribution < -0.4 is 22.1 Å². The van der Waals surface area contributed by atoms with Crippen molar-refractivity contribution in [2.45, 2.75) is 32.2 Å². The summed E-state index contributed by atoms with van der Waals surface area (Å²) in [6.07, 6.45) is 2.29. The van der Waals surface area contributed by atoms with Gasteiger partial charge in [0.15, 0.2) is 0 Å². The van der Waals surface area contributed by atoms with E-state index in [9.17, 15) is 23.6 Å². The van der Waals surface area contributed by atoms with E-state index in [-0.39, 0.29) is 39.9 Å². The number of rotatable bonds is 5. The number of aromatic nitrogens is 3. The zero-order chi connectivity index (χ0) is 27.6. The van der Waals surface area contributed by atoms with E-state index in [0.29, 0.717) is 40.8 Å². The Morgan fingerprint density at radius 3 is 2.44 bits per heavy atom. The van der Waals surface area contributed by atoms with Crippen molar-refractivity contribution in [1.29, 1.82) is 0 Å². The van der Waals surface area contributed by atoms with Gasteiger partial charge in [-0.1, -0.05) is 6.07 Å². The number of nitrogens with zero attached hydrogens (tertiary/aromatic N) is 4. The number of halogens is 2. The van der Waals surface area contributed by atoms with E-state index in [1.165, 1.54) is 32.9 Å². The molecule has 0 radical (unpaired) electrons. The zero-order valence-electron chi connectivity index (χ0n) is 21.3. The van der Waals surface area contributed by atoms with Gasteiger partial charge in [-0.05, 0) is 85.2 Å².